The van der Waals surface area contributed by atoms with E-state index in [2.05, 4.69) is 24.1 Å². The summed E-state index contributed by atoms with van der Waals surface area (Å²) in [5, 5.41) is 3.08. The molecule has 1 heterocycles. The lowest BCUT2D eigenvalue weighted by molar-refractivity contribution is -0.123. The van der Waals surface area contributed by atoms with Crippen LogP contribution in [0.2, 0.25) is 0 Å². The SMILES string of the molecule is CCCCCC(C)NC(=O)CN1CCCC(N)C1. The van der Waals surface area contributed by atoms with Gasteiger partial charge in [-0.15, -0.1) is 0 Å². The number of nitrogens with zero attached hydrogens (tertiary/aromatic N) is 1. The van der Waals surface area contributed by atoms with Crippen LogP contribution in [0.4, 0.5) is 0 Å². The molecule has 0 radical (unpaired) electrons. The largest absolute Gasteiger partial charge is 0.353 e. The minimum Gasteiger partial charge on any atom is -0.353 e. The van der Waals surface area contributed by atoms with Crippen molar-refractivity contribution in [2.45, 2.75) is 64.5 Å². The van der Waals surface area contributed by atoms with E-state index in [1.54, 1.807) is 0 Å². The van der Waals surface area contributed by atoms with E-state index >= 15 is 0 Å². The fraction of sp³-hybridized carbons (Fsp3) is 0.929. The molecule has 1 rings (SSSR count). The number of likely N-dealkylation sites (tertiary alicyclic amines) is 1. The van der Waals surface area contributed by atoms with E-state index in [1.807, 2.05) is 0 Å². The molecule has 0 aromatic rings. The Hall–Kier alpha value is -0.610. The van der Waals surface area contributed by atoms with Crippen molar-refractivity contribution in [1.82, 2.24) is 10.2 Å². The normalized spacial score (nSPS) is 22.7. The number of amides is 1. The molecule has 1 aliphatic heterocycles. The molecule has 1 aliphatic rings. The molecule has 0 saturated carbocycles. The van der Waals surface area contributed by atoms with E-state index in [4.69, 9.17) is 5.73 Å². The van der Waals surface area contributed by atoms with Crippen LogP contribution in [0.25, 0.3) is 0 Å². The summed E-state index contributed by atoms with van der Waals surface area (Å²) in [5.41, 5.74) is 5.91. The number of nitrogens with two attached hydrogens (primary N) is 1. The molecule has 2 atom stereocenters. The van der Waals surface area contributed by atoms with Gasteiger partial charge in [0.1, 0.15) is 0 Å². The Morgan fingerprint density at radius 3 is 2.94 bits per heavy atom. The molecule has 4 nitrogen and oxygen atoms in total. The van der Waals surface area contributed by atoms with Gasteiger partial charge < -0.3 is 11.1 Å². The number of carbonyl (C=O) groups is 1. The first-order valence-corrected chi connectivity index (χ1v) is 7.39. The van der Waals surface area contributed by atoms with Crippen LogP contribution in [0, 0.1) is 0 Å². The van der Waals surface area contributed by atoms with Crippen LogP contribution in [-0.4, -0.2) is 42.5 Å². The van der Waals surface area contributed by atoms with Crippen LogP contribution in [0.3, 0.4) is 0 Å². The van der Waals surface area contributed by atoms with E-state index in [0.717, 1.165) is 32.4 Å². The Balaban J connectivity index is 2.15. The minimum atomic E-state index is 0.146. The third kappa shape index (κ3) is 6.36. The molecule has 0 aromatic carbocycles. The van der Waals surface area contributed by atoms with Gasteiger partial charge in [-0.2, -0.15) is 0 Å². The first-order chi connectivity index (χ1) is 8.61. The second kappa shape index (κ2) is 8.48. The lowest BCUT2D eigenvalue weighted by Gasteiger charge is -2.30. The summed E-state index contributed by atoms with van der Waals surface area (Å²) in [6.07, 6.45) is 6.96. The van der Waals surface area contributed by atoms with Crippen molar-refractivity contribution in [3.05, 3.63) is 0 Å². The molecule has 4 heteroatoms. The Morgan fingerprint density at radius 1 is 1.50 bits per heavy atom. The zero-order valence-electron chi connectivity index (χ0n) is 12.0. The third-order valence-electron chi connectivity index (χ3n) is 3.56. The van der Waals surface area contributed by atoms with Crippen molar-refractivity contribution in [2.75, 3.05) is 19.6 Å². The van der Waals surface area contributed by atoms with Crippen LogP contribution in [0.1, 0.15) is 52.4 Å². The quantitative estimate of drug-likeness (QED) is 0.678. The highest BCUT2D eigenvalue weighted by Gasteiger charge is 2.19. The van der Waals surface area contributed by atoms with Crippen LogP contribution in [0.5, 0.6) is 0 Å². The van der Waals surface area contributed by atoms with Crippen molar-refractivity contribution in [3.8, 4) is 0 Å². The first kappa shape index (κ1) is 15.4. The Morgan fingerprint density at radius 2 is 2.28 bits per heavy atom. The summed E-state index contributed by atoms with van der Waals surface area (Å²) in [6.45, 7) is 6.66. The fourth-order valence-electron chi connectivity index (χ4n) is 2.53. The summed E-state index contributed by atoms with van der Waals surface area (Å²) in [4.78, 5) is 14.0. The summed E-state index contributed by atoms with van der Waals surface area (Å²) < 4.78 is 0. The third-order valence-corrected chi connectivity index (χ3v) is 3.56. The molecule has 0 spiro atoms. The van der Waals surface area contributed by atoms with Gasteiger partial charge in [0, 0.05) is 18.6 Å². The van der Waals surface area contributed by atoms with Crippen LogP contribution >= 0.6 is 0 Å². The molecule has 2 unspecified atom stereocenters. The molecule has 0 aliphatic carbocycles. The molecule has 0 bridgehead atoms. The minimum absolute atomic E-state index is 0.146. The van der Waals surface area contributed by atoms with Gasteiger partial charge in [0.15, 0.2) is 0 Å². The molecule has 3 N–H and O–H groups in total. The van der Waals surface area contributed by atoms with Gasteiger partial charge in [-0.25, -0.2) is 0 Å². The summed E-state index contributed by atoms with van der Waals surface area (Å²) in [7, 11) is 0. The lowest BCUT2D eigenvalue weighted by Crippen LogP contribution is -2.48. The molecule has 1 fully saturated rings. The van der Waals surface area contributed by atoms with Crippen LogP contribution in [-0.2, 0) is 4.79 Å². The highest BCUT2D eigenvalue weighted by molar-refractivity contribution is 5.78. The topological polar surface area (TPSA) is 58.4 Å². The average molecular weight is 255 g/mol. The summed E-state index contributed by atoms with van der Waals surface area (Å²) in [5.74, 6) is 0.146. The van der Waals surface area contributed by atoms with Crippen molar-refractivity contribution in [1.29, 1.82) is 0 Å². The van der Waals surface area contributed by atoms with Gasteiger partial charge >= 0.3 is 0 Å². The summed E-state index contributed by atoms with van der Waals surface area (Å²) >= 11 is 0. The van der Waals surface area contributed by atoms with E-state index in [0.29, 0.717) is 12.6 Å². The predicted octanol–water partition coefficient (Wildman–Crippen LogP) is 1.49. The van der Waals surface area contributed by atoms with Gasteiger partial charge in [-0.05, 0) is 32.7 Å². The second-order valence-electron chi connectivity index (χ2n) is 5.60. The fourth-order valence-corrected chi connectivity index (χ4v) is 2.53. The molecule has 1 saturated heterocycles. The maximum absolute atomic E-state index is 11.9. The molecule has 18 heavy (non-hydrogen) atoms. The Labute approximate surface area is 111 Å². The van der Waals surface area contributed by atoms with Crippen molar-refractivity contribution in [2.24, 2.45) is 5.73 Å². The van der Waals surface area contributed by atoms with Gasteiger partial charge in [0.05, 0.1) is 6.54 Å². The maximum atomic E-state index is 11.9. The van der Waals surface area contributed by atoms with Crippen LogP contribution in [0.15, 0.2) is 0 Å². The van der Waals surface area contributed by atoms with Crippen LogP contribution < -0.4 is 11.1 Å². The summed E-state index contributed by atoms with van der Waals surface area (Å²) in [6, 6.07) is 0.538. The van der Waals surface area contributed by atoms with Crippen molar-refractivity contribution in [3.63, 3.8) is 0 Å². The predicted molar refractivity (Wildman–Crippen MR) is 75.4 cm³/mol. The highest BCUT2D eigenvalue weighted by atomic mass is 16.2. The molecule has 0 aromatic heterocycles. The second-order valence-corrected chi connectivity index (χ2v) is 5.60. The monoisotopic (exact) mass is 255 g/mol. The van der Waals surface area contributed by atoms with E-state index < -0.39 is 0 Å². The van der Waals surface area contributed by atoms with Gasteiger partial charge in [-0.3, -0.25) is 9.69 Å². The number of hydrogen-bond donors (Lipinski definition) is 2. The number of piperidine rings is 1. The lowest BCUT2D eigenvalue weighted by atomic mass is 10.1. The first-order valence-electron chi connectivity index (χ1n) is 7.39. The van der Waals surface area contributed by atoms with E-state index in [9.17, 15) is 4.79 Å². The molecule has 106 valence electrons. The molecular weight excluding hydrogens is 226 g/mol. The number of hydrogen-bond acceptors (Lipinski definition) is 3. The van der Waals surface area contributed by atoms with E-state index in [-0.39, 0.29) is 11.9 Å². The molecule has 1 amide bonds. The smallest absolute Gasteiger partial charge is 0.234 e. The Kier molecular flexibility index (Phi) is 7.28. The van der Waals surface area contributed by atoms with Gasteiger partial charge in [0.25, 0.3) is 0 Å². The Bertz CT molecular complexity index is 245. The van der Waals surface area contributed by atoms with E-state index in [1.165, 1.54) is 19.3 Å². The number of unbranched alkanes of at least 4 members (excludes halogenated alkanes) is 2. The maximum Gasteiger partial charge on any atom is 0.234 e. The number of rotatable bonds is 7. The van der Waals surface area contributed by atoms with Crippen molar-refractivity contribution < 1.29 is 4.79 Å². The molecular formula is C14H29N3O. The number of carbonyl (C=O) groups excluding carboxylic acids is 1. The zero-order chi connectivity index (χ0) is 13.4. The zero-order valence-corrected chi connectivity index (χ0v) is 12.0. The number of nitrogens with one attached hydrogen (secondary N) is 1. The van der Waals surface area contributed by atoms with Crippen molar-refractivity contribution >= 4 is 5.91 Å². The highest BCUT2D eigenvalue weighted by Crippen LogP contribution is 2.08. The van der Waals surface area contributed by atoms with Gasteiger partial charge in [0.2, 0.25) is 5.91 Å². The van der Waals surface area contributed by atoms with Gasteiger partial charge in [-0.1, -0.05) is 26.2 Å². The average Bonchev–Trinajstić information content (AvgIpc) is 2.29. The standard InChI is InChI=1S/C14H29N3O/c1-3-4-5-7-12(2)16-14(18)11-17-9-6-8-13(15)10-17/h12-13H,3-11,15H2,1-2H3,(H,16,18).